The molecule has 0 aromatic heterocycles. The van der Waals surface area contributed by atoms with Gasteiger partial charge in [-0.1, -0.05) is 45.1 Å². The summed E-state index contributed by atoms with van der Waals surface area (Å²) in [6, 6.07) is 1.21. The molecular weight excluding hydrogens is 328 g/mol. The Bertz CT molecular complexity index is 559. The number of hydrogen-bond donors (Lipinski definition) is 0. The number of hydrogen-bond acceptors (Lipinski definition) is 1. The summed E-state index contributed by atoms with van der Waals surface area (Å²) in [6.45, 7) is 5.57. The highest BCUT2D eigenvalue weighted by Gasteiger charge is 2.38. The van der Waals surface area contributed by atoms with Gasteiger partial charge in [0.2, 0.25) is 0 Å². The number of alkyl halides is 3. The van der Waals surface area contributed by atoms with Gasteiger partial charge < -0.3 is 0 Å². The Morgan fingerprint density at radius 2 is 1.91 bits per heavy atom. The van der Waals surface area contributed by atoms with Crippen LogP contribution in [0.3, 0.4) is 0 Å². The summed E-state index contributed by atoms with van der Waals surface area (Å²) in [4.78, 5) is 0. The molecule has 2 atom stereocenters. The van der Waals surface area contributed by atoms with Crippen LogP contribution in [0.2, 0.25) is 11.3 Å². The van der Waals surface area contributed by atoms with Crippen molar-refractivity contribution in [1.82, 2.24) is 0 Å². The average molecular weight is 348 g/mol. The van der Waals surface area contributed by atoms with Crippen LogP contribution in [0, 0.1) is 23.0 Å². The summed E-state index contributed by atoms with van der Waals surface area (Å²) in [7, 11) is 0. The molecule has 0 aliphatic carbocycles. The van der Waals surface area contributed by atoms with E-state index in [1.54, 1.807) is 0 Å². The van der Waals surface area contributed by atoms with Gasteiger partial charge in [0, 0.05) is 16.6 Å². The highest BCUT2D eigenvalue weighted by molar-refractivity contribution is 6.68. The minimum atomic E-state index is -4.64. The van der Waals surface area contributed by atoms with Gasteiger partial charge in [-0.25, -0.2) is 9.65 Å². The molecule has 1 saturated heterocycles. The molecule has 1 aliphatic rings. The molecule has 1 heterocycles. The first kappa shape index (κ1) is 19.8. The van der Waals surface area contributed by atoms with E-state index in [1.807, 2.05) is 20.8 Å². The molecule has 1 nitrogen and oxygen atoms in total. The average Bonchev–Trinajstić information content (AvgIpc) is 2.48. The van der Waals surface area contributed by atoms with Crippen molar-refractivity contribution < 1.29 is 17.6 Å². The van der Waals surface area contributed by atoms with Crippen molar-refractivity contribution in [2.24, 2.45) is 5.92 Å². The van der Waals surface area contributed by atoms with Crippen LogP contribution in [0.1, 0.15) is 50.6 Å². The van der Waals surface area contributed by atoms with Crippen LogP contribution in [0.5, 0.6) is 0 Å². The Morgan fingerprint density at radius 3 is 2.39 bits per heavy atom. The van der Waals surface area contributed by atoms with Crippen molar-refractivity contribution in [2.75, 3.05) is 0 Å². The van der Waals surface area contributed by atoms with Gasteiger partial charge in [0.1, 0.15) is 5.82 Å². The molecule has 7 heteroatoms. The van der Waals surface area contributed by atoms with Gasteiger partial charge >= 0.3 is 6.18 Å². The zero-order valence-corrected chi connectivity index (χ0v) is 14.1. The molecule has 126 valence electrons. The van der Waals surface area contributed by atoms with E-state index in [1.165, 1.54) is 0 Å². The van der Waals surface area contributed by atoms with Crippen LogP contribution >= 0.6 is 11.6 Å². The Kier molecular flexibility index (Phi) is 6.94. The maximum absolute atomic E-state index is 14.2. The molecule has 1 aromatic carbocycles. The smallest absolute Gasteiger partial charge is 0.213 e. The maximum atomic E-state index is 14.2. The molecule has 2 unspecified atom stereocenters. The first-order chi connectivity index (χ1) is 10.7. The highest BCUT2D eigenvalue weighted by atomic mass is 35.5. The number of nitriles is 1. The minimum Gasteiger partial charge on any atom is -0.213 e. The third-order valence-electron chi connectivity index (χ3n) is 4.06. The fraction of sp³-hybridized carbons (Fsp3) is 0.562. The lowest BCUT2D eigenvalue weighted by Crippen LogP contribution is -2.30. The standard InChI is InChI=1S/C14H13BClF4N.C2H6/c1-8-2-3-15(7-21)10(4-8)13-11(16)5-9(6-12(13)17)14(18,19)20;1-2/h5-6,8,10H,2-4H2,1H3;1-2H3. The summed E-state index contributed by atoms with van der Waals surface area (Å²) < 4.78 is 52.1. The van der Waals surface area contributed by atoms with Crippen LogP contribution < -0.4 is 0 Å². The van der Waals surface area contributed by atoms with Crippen molar-refractivity contribution >= 4 is 18.3 Å². The molecule has 1 fully saturated rings. The van der Waals surface area contributed by atoms with E-state index in [2.05, 4.69) is 5.97 Å². The van der Waals surface area contributed by atoms with Gasteiger partial charge in [-0.2, -0.15) is 13.2 Å². The lowest BCUT2D eigenvalue weighted by molar-refractivity contribution is -0.137. The minimum absolute atomic E-state index is 0.0442. The van der Waals surface area contributed by atoms with Crippen LogP contribution in [0.25, 0.3) is 0 Å². The van der Waals surface area contributed by atoms with Gasteiger partial charge in [0.05, 0.1) is 5.56 Å². The molecule has 0 amide bonds. The predicted molar refractivity (Wildman–Crippen MR) is 85.1 cm³/mol. The second-order valence-corrected chi connectivity index (χ2v) is 6.02. The second kappa shape index (κ2) is 8.05. The number of halogens is 5. The fourth-order valence-corrected chi connectivity index (χ4v) is 3.30. The second-order valence-electron chi connectivity index (χ2n) is 5.61. The fourth-order valence-electron chi connectivity index (χ4n) is 2.96. The molecule has 2 rings (SSSR count). The van der Waals surface area contributed by atoms with E-state index >= 15 is 0 Å². The van der Waals surface area contributed by atoms with Gasteiger partial charge in [0.15, 0.2) is 0 Å². The van der Waals surface area contributed by atoms with Crippen LogP contribution in [-0.4, -0.2) is 6.71 Å². The molecule has 0 bridgehead atoms. The number of benzene rings is 1. The lowest BCUT2D eigenvalue weighted by Gasteiger charge is -2.30. The zero-order chi connectivity index (χ0) is 17.8. The Hall–Kier alpha value is -1.22. The predicted octanol–water partition coefficient (Wildman–Crippen LogP) is 6.13. The highest BCUT2D eigenvalue weighted by Crippen LogP contribution is 2.42. The molecule has 1 aromatic rings. The van der Waals surface area contributed by atoms with Crippen LogP contribution in [0.15, 0.2) is 12.1 Å². The summed E-state index contributed by atoms with van der Waals surface area (Å²) >= 11 is 5.89. The zero-order valence-electron chi connectivity index (χ0n) is 13.3. The summed E-state index contributed by atoms with van der Waals surface area (Å²) in [6.07, 6.45) is -2.62. The van der Waals surface area contributed by atoms with E-state index in [0.29, 0.717) is 18.8 Å². The lowest BCUT2D eigenvalue weighted by atomic mass is 9.34. The molecule has 1 aliphatic heterocycles. The summed E-state index contributed by atoms with van der Waals surface area (Å²) in [5, 5.41) is 8.93. The number of rotatable bonds is 1. The van der Waals surface area contributed by atoms with Crippen molar-refractivity contribution in [3.05, 3.63) is 34.1 Å². The normalized spacial score (nSPS) is 21.3. The molecule has 0 spiro atoms. The Balaban J connectivity index is 0.00000127. The van der Waals surface area contributed by atoms with Crippen molar-refractivity contribution in [3.8, 4) is 5.97 Å². The van der Waals surface area contributed by atoms with Gasteiger partial charge in [-0.15, -0.1) is 0 Å². The molecular formula is C16H19BClF4N. The van der Waals surface area contributed by atoms with E-state index < -0.39 is 30.1 Å². The van der Waals surface area contributed by atoms with E-state index in [0.717, 1.165) is 12.5 Å². The maximum Gasteiger partial charge on any atom is 0.416 e. The van der Waals surface area contributed by atoms with E-state index in [4.69, 9.17) is 11.6 Å². The summed E-state index contributed by atoms with van der Waals surface area (Å²) in [5.74, 6) is 0.986. The Labute approximate surface area is 139 Å². The van der Waals surface area contributed by atoms with Crippen molar-refractivity contribution in [3.63, 3.8) is 0 Å². The van der Waals surface area contributed by atoms with Gasteiger partial charge in [0.25, 0.3) is 6.71 Å². The molecule has 0 N–H and O–H groups in total. The van der Waals surface area contributed by atoms with Crippen molar-refractivity contribution in [1.29, 1.82) is 5.26 Å². The molecule has 0 radical (unpaired) electrons. The van der Waals surface area contributed by atoms with Gasteiger partial charge in [-0.3, -0.25) is 0 Å². The quantitative estimate of drug-likeness (QED) is 0.442. The van der Waals surface area contributed by atoms with E-state index in [9.17, 15) is 22.8 Å². The Morgan fingerprint density at radius 1 is 1.30 bits per heavy atom. The topological polar surface area (TPSA) is 23.8 Å². The van der Waals surface area contributed by atoms with Crippen molar-refractivity contribution in [2.45, 2.75) is 51.9 Å². The molecule has 23 heavy (non-hydrogen) atoms. The number of nitrogens with zero attached hydrogens (tertiary/aromatic N) is 1. The summed E-state index contributed by atoms with van der Waals surface area (Å²) in [5.41, 5.74) is -1.06. The third kappa shape index (κ3) is 4.63. The van der Waals surface area contributed by atoms with Crippen LogP contribution in [0.4, 0.5) is 17.6 Å². The first-order valence-electron chi connectivity index (χ1n) is 7.69. The largest absolute Gasteiger partial charge is 0.416 e. The SMILES string of the molecule is CC.CC1CCB(C#N)C(c2c(F)cc(C(F)(F)F)cc2Cl)C1. The molecule has 0 saturated carbocycles. The van der Waals surface area contributed by atoms with E-state index in [-0.39, 0.29) is 16.5 Å². The third-order valence-corrected chi connectivity index (χ3v) is 4.37. The monoisotopic (exact) mass is 347 g/mol. The van der Waals surface area contributed by atoms with Crippen LogP contribution in [-0.2, 0) is 6.18 Å². The first-order valence-corrected chi connectivity index (χ1v) is 8.07. The van der Waals surface area contributed by atoms with Gasteiger partial charge in [-0.05, 0) is 30.3 Å².